The Morgan fingerprint density at radius 1 is 1.13 bits per heavy atom. The number of fused-ring (bicyclic) bond motifs is 4. The van der Waals surface area contributed by atoms with Crippen molar-refractivity contribution in [1.29, 1.82) is 0 Å². The average molecular weight is 309 g/mol. The van der Waals surface area contributed by atoms with Gasteiger partial charge >= 0.3 is 0 Å². The van der Waals surface area contributed by atoms with Crippen LogP contribution in [0.5, 0.6) is 0 Å². The van der Waals surface area contributed by atoms with Gasteiger partial charge in [-0.25, -0.2) is 0 Å². The lowest BCUT2D eigenvalue weighted by Gasteiger charge is -2.37. The van der Waals surface area contributed by atoms with Crippen LogP contribution in [0.15, 0.2) is 41.2 Å². The van der Waals surface area contributed by atoms with Crippen molar-refractivity contribution in [3.63, 3.8) is 0 Å². The fraction of sp³-hybridized carbons (Fsp3) is 0.333. The summed E-state index contributed by atoms with van der Waals surface area (Å²) in [5.74, 6) is 0.515. The van der Waals surface area contributed by atoms with E-state index in [9.17, 15) is 9.59 Å². The molecule has 1 saturated heterocycles. The van der Waals surface area contributed by atoms with Gasteiger partial charge in [0.1, 0.15) is 0 Å². The first-order valence-electron chi connectivity index (χ1n) is 7.97. The van der Waals surface area contributed by atoms with Gasteiger partial charge in [0, 0.05) is 36.3 Å². The van der Waals surface area contributed by atoms with E-state index in [0.717, 1.165) is 42.9 Å². The normalized spacial score (nSPS) is 22.4. The Kier molecular flexibility index (Phi) is 3.31. The highest BCUT2D eigenvalue weighted by molar-refractivity contribution is 5.93. The van der Waals surface area contributed by atoms with Crippen molar-refractivity contribution in [3.8, 4) is 11.1 Å². The fourth-order valence-electron chi connectivity index (χ4n) is 3.80. The number of hydrogen-bond donors (Lipinski definition) is 2. The van der Waals surface area contributed by atoms with E-state index in [1.165, 1.54) is 0 Å². The molecule has 0 aliphatic carbocycles. The number of primary amides is 1. The van der Waals surface area contributed by atoms with Crippen LogP contribution in [0.1, 0.15) is 28.4 Å². The summed E-state index contributed by atoms with van der Waals surface area (Å²) >= 11 is 0. The van der Waals surface area contributed by atoms with Gasteiger partial charge in [-0.2, -0.15) is 0 Å². The van der Waals surface area contributed by atoms with Crippen LogP contribution in [0.25, 0.3) is 11.1 Å². The molecular weight excluding hydrogens is 290 g/mol. The molecule has 3 heterocycles. The number of nitrogens with zero attached hydrogens (tertiary/aromatic N) is 1. The number of carbonyl (C=O) groups is 1. The quantitative estimate of drug-likeness (QED) is 0.878. The minimum absolute atomic E-state index is 0.0630. The predicted octanol–water partition coefficient (Wildman–Crippen LogP) is 1.32. The Morgan fingerprint density at radius 2 is 1.91 bits per heavy atom. The Morgan fingerprint density at radius 3 is 2.65 bits per heavy atom. The molecule has 5 heteroatoms. The second-order valence-electron chi connectivity index (χ2n) is 6.52. The van der Waals surface area contributed by atoms with Gasteiger partial charge in [0.15, 0.2) is 0 Å². The molecule has 2 aliphatic rings. The predicted molar refractivity (Wildman–Crippen MR) is 88.4 cm³/mol. The molecule has 0 unspecified atom stereocenters. The van der Waals surface area contributed by atoms with Gasteiger partial charge in [0.25, 0.3) is 5.56 Å². The van der Waals surface area contributed by atoms with E-state index in [2.05, 4.69) is 11.4 Å². The third-order valence-corrected chi connectivity index (χ3v) is 4.96. The molecule has 2 aromatic rings. The lowest BCUT2D eigenvalue weighted by Crippen LogP contribution is -2.44. The number of benzene rings is 1. The summed E-state index contributed by atoms with van der Waals surface area (Å²) in [6.07, 6.45) is 1.15. The molecular formula is C18H19N3O2. The van der Waals surface area contributed by atoms with Crippen molar-refractivity contribution in [2.75, 3.05) is 13.1 Å². The molecule has 118 valence electrons. The van der Waals surface area contributed by atoms with Crippen molar-refractivity contribution in [2.45, 2.75) is 18.9 Å². The summed E-state index contributed by atoms with van der Waals surface area (Å²) in [4.78, 5) is 23.7. The van der Waals surface area contributed by atoms with E-state index in [1.54, 1.807) is 18.2 Å². The van der Waals surface area contributed by atoms with E-state index >= 15 is 0 Å². The topological polar surface area (TPSA) is 77.1 Å². The third-order valence-electron chi connectivity index (χ3n) is 4.96. The zero-order valence-corrected chi connectivity index (χ0v) is 12.8. The smallest absolute Gasteiger partial charge is 0.251 e. The third kappa shape index (κ3) is 2.47. The SMILES string of the molecule is NC(=O)c1ccc(-c2cc3n(c(=O)c2)C[C@@H]2CNC[C@H]3C2)cc1. The number of aromatic nitrogens is 1. The average Bonchev–Trinajstić information content (AvgIpc) is 2.56. The minimum Gasteiger partial charge on any atom is -0.366 e. The van der Waals surface area contributed by atoms with Crippen LogP contribution in [-0.4, -0.2) is 23.6 Å². The first-order chi connectivity index (χ1) is 11.1. The van der Waals surface area contributed by atoms with Crippen molar-refractivity contribution in [3.05, 3.63) is 58.0 Å². The summed E-state index contributed by atoms with van der Waals surface area (Å²) in [6.45, 7) is 2.73. The van der Waals surface area contributed by atoms with Crippen LogP contribution in [-0.2, 0) is 6.54 Å². The van der Waals surface area contributed by atoms with Gasteiger partial charge in [-0.3, -0.25) is 9.59 Å². The number of rotatable bonds is 2. The maximum Gasteiger partial charge on any atom is 0.251 e. The molecule has 1 aromatic heterocycles. The highest BCUT2D eigenvalue weighted by Gasteiger charge is 2.31. The van der Waals surface area contributed by atoms with Crippen molar-refractivity contribution >= 4 is 5.91 Å². The molecule has 4 rings (SSSR count). The highest BCUT2D eigenvalue weighted by Crippen LogP contribution is 2.33. The summed E-state index contributed by atoms with van der Waals surface area (Å²) in [5, 5.41) is 3.46. The first-order valence-corrected chi connectivity index (χ1v) is 7.97. The van der Waals surface area contributed by atoms with Crippen LogP contribution in [0, 0.1) is 5.92 Å². The lowest BCUT2D eigenvalue weighted by atomic mass is 9.83. The molecule has 0 saturated carbocycles. The number of hydrogen-bond acceptors (Lipinski definition) is 3. The summed E-state index contributed by atoms with van der Waals surface area (Å²) in [6, 6.07) is 10.9. The van der Waals surface area contributed by atoms with Gasteiger partial charge < -0.3 is 15.6 Å². The number of nitrogens with two attached hydrogens (primary N) is 1. The number of pyridine rings is 1. The molecule has 1 aromatic carbocycles. The second kappa shape index (κ2) is 5.35. The molecule has 3 N–H and O–H groups in total. The molecule has 0 radical (unpaired) electrons. The molecule has 0 spiro atoms. The standard InChI is InChI=1S/C18H19N3O2/c19-18(23)13-3-1-12(2-4-13)14-6-16-15-5-11(8-20-9-15)10-21(16)17(22)7-14/h1-4,6-7,11,15,20H,5,8-10H2,(H2,19,23)/t11-,15+/m0/s1. The van der Waals surface area contributed by atoms with Gasteiger partial charge in [0.05, 0.1) is 0 Å². The summed E-state index contributed by atoms with van der Waals surface area (Å²) in [7, 11) is 0. The van der Waals surface area contributed by atoms with Gasteiger partial charge in [0.2, 0.25) is 5.91 Å². The second-order valence-corrected chi connectivity index (χ2v) is 6.52. The fourth-order valence-corrected chi connectivity index (χ4v) is 3.80. The molecule has 2 atom stereocenters. The number of nitrogens with one attached hydrogen (secondary N) is 1. The summed E-state index contributed by atoms with van der Waals surface area (Å²) in [5.41, 5.74) is 8.77. The van der Waals surface area contributed by atoms with Gasteiger partial charge in [-0.15, -0.1) is 0 Å². The Labute approximate surface area is 134 Å². The molecule has 1 amide bonds. The van der Waals surface area contributed by atoms with Crippen LogP contribution >= 0.6 is 0 Å². The van der Waals surface area contributed by atoms with E-state index in [-0.39, 0.29) is 5.56 Å². The number of amides is 1. The Balaban J connectivity index is 1.77. The largest absolute Gasteiger partial charge is 0.366 e. The maximum absolute atomic E-state index is 12.5. The monoisotopic (exact) mass is 309 g/mol. The molecule has 23 heavy (non-hydrogen) atoms. The number of piperidine rings is 1. The molecule has 2 bridgehead atoms. The minimum atomic E-state index is -0.443. The van der Waals surface area contributed by atoms with Gasteiger partial charge in [-0.1, -0.05) is 12.1 Å². The van der Waals surface area contributed by atoms with Crippen LogP contribution < -0.4 is 16.6 Å². The van der Waals surface area contributed by atoms with E-state index in [0.29, 0.717) is 17.4 Å². The molecule has 1 fully saturated rings. The van der Waals surface area contributed by atoms with Crippen LogP contribution in [0.2, 0.25) is 0 Å². The Bertz CT molecular complexity index is 823. The summed E-state index contributed by atoms with van der Waals surface area (Å²) < 4.78 is 1.93. The van der Waals surface area contributed by atoms with Crippen molar-refractivity contribution in [2.24, 2.45) is 11.7 Å². The van der Waals surface area contributed by atoms with E-state index in [4.69, 9.17) is 5.73 Å². The first kappa shape index (κ1) is 14.2. The van der Waals surface area contributed by atoms with Crippen molar-refractivity contribution in [1.82, 2.24) is 9.88 Å². The number of carbonyl (C=O) groups excluding carboxylic acids is 1. The van der Waals surface area contributed by atoms with E-state index in [1.807, 2.05) is 16.7 Å². The lowest BCUT2D eigenvalue weighted by molar-refractivity contribution is 0.100. The molecule has 2 aliphatic heterocycles. The zero-order valence-electron chi connectivity index (χ0n) is 12.8. The maximum atomic E-state index is 12.5. The van der Waals surface area contributed by atoms with Crippen LogP contribution in [0.4, 0.5) is 0 Å². The van der Waals surface area contributed by atoms with E-state index < -0.39 is 5.91 Å². The van der Waals surface area contributed by atoms with Gasteiger partial charge in [-0.05, 0) is 48.2 Å². The Hall–Kier alpha value is -2.40. The van der Waals surface area contributed by atoms with Crippen LogP contribution in [0.3, 0.4) is 0 Å². The molecule has 5 nitrogen and oxygen atoms in total. The highest BCUT2D eigenvalue weighted by atomic mass is 16.1. The van der Waals surface area contributed by atoms with Crippen molar-refractivity contribution < 1.29 is 4.79 Å². The zero-order chi connectivity index (χ0) is 16.0.